The molecular formula is C20H22N4O3S. The molecule has 2 aromatic carbocycles. The van der Waals surface area contributed by atoms with Gasteiger partial charge < -0.3 is 15.6 Å². The monoisotopic (exact) mass is 398 g/mol. The van der Waals surface area contributed by atoms with Crippen LogP contribution in [0.2, 0.25) is 0 Å². The van der Waals surface area contributed by atoms with Crippen molar-refractivity contribution in [2.75, 3.05) is 5.32 Å². The van der Waals surface area contributed by atoms with Crippen LogP contribution < -0.4 is 11.1 Å². The molecule has 0 saturated heterocycles. The van der Waals surface area contributed by atoms with Gasteiger partial charge in [-0.3, -0.25) is 4.79 Å². The lowest BCUT2D eigenvalue weighted by Crippen LogP contribution is -2.21. The van der Waals surface area contributed by atoms with Crippen LogP contribution in [0.25, 0.3) is 22.0 Å². The second kappa shape index (κ2) is 8.45. The average molecular weight is 398 g/mol. The van der Waals surface area contributed by atoms with Gasteiger partial charge in [0.2, 0.25) is 0 Å². The first kappa shape index (κ1) is 19.9. The van der Waals surface area contributed by atoms with Gasteiger partial charge in [-0.25, -0.2) is 4.21 Å². The van der Waals surface area contributed by atoms with Crippen LogP contribution in [0.5, 0.6) is 0 Å². The summed E-state index contributed by atoms with van der Waals surface area (Å²) in [4.78, 5) is 11.8. The molecule has 0 aliphatic heterocycles. The summed E-state index contributed by atoms with van der Waals surface area (Å²) in [5.74, 6) is -0.523. The molecule has 0 aliphatic rings. The lowest BCUT2D eigenvalue weighted by molar-refractivity contribution is 0.0995. The normalized spacial score (nSPS) is 13.2. The Balaban J connectivity index is 2.03. The highest BCUT2D eigenvalue weighted by Gasteiger charge is 2.17. The molecule has 1 aromatic heterocycles. The number of hydrogen-bond acceptors (Lipinski definition) is 5. The molecule has 146 valence electrons. The van der Waals surface area contributed by atoms with Crippen LogP contribution in [-0.4, -0.2) is 30.9 Å². The predicted octanol–water partition coefficient (Wildman–Crippen LogP) is 3.33. The van der Waals surface area contributed by atoms with E-state index in [1.165, 1.54) is 0 Å². The van der Waals surface area contributed by atoms with Crippen molar-refractivity contribution >= 4 is 33.6 Å². The molecule has 0 radical (unpaired) electrons. The summed E-state index contributed by atoms with van der Waals surface area (Å²) < 4.78 is 19.9. The summed E-state index contributed by atoms with van der Waals surface area (Å²) >= 11 is -1.86. The number of primary amides is 1. The average Bonchev–Trinajstić information content (AvgIpc) is 2.67. The largest absolute Gasteiger partial charge is 0.380 e. The molecule has 0 bridgehead atoms. The number of fused-ring (bicyclic) bond motifs is 1. The number of carbonyl (C=O) groups excluding carboxylic acids is 1. The second-order valence-corrected chi connectivity index (χ2v) is 7.57. The van der Waals surface area contributed by atoms with E-state index in [1.807, 2.05) is 56.3 Å². The van der Waals surface area contributed by atoms with Crippen LogP contribution in [0.1, 0.15) is 36.3 Å². The number of amides is 1. The molecule has 7 nitrogen and oxygen atoms in total. The van der Waals surface area contributed by atoms with Crippen LogP contribution in [0.15, 0.2) is 42.5 Å². The van der Waals surface area contributed by atoms with Gasteiger partial charge in [0.1, 0.15) is 0 Å². The highest BCUT2D eigenvalue weighted by atomic mass is 32.2. The summed E-state index contributed by atoms with van der Waals surface area (Å²) in [6.07, 6.45) is 0.880. The van der Waals surface area contributed by atoms with E-state index in [1.54, 1.807) is 0 Å². The third-order valence-corrected chi connectivity index (χ3v) is 5.16. The maximum atomic E-state index is 11.8. The van der Waals surface area contributed by atoms with Crippen LogP contribution in [0.4, 0.5) is 5.69 Å². The SMILES string of the molecule is CC[C@@H](C)Nc1c(C(N)=O)nnc2cc(-c3ccc(CS(=O)O)cc3)ccc12. The number of carbonyl (C=O) groups is 1. The van der Waals surface area contributed by atoms with Gasteiger partial charge in [-0.15, -0.1) is 10.2 Å². The number of nitrogens with two attached hydrogens (primary N) is 1. The van der Waals surface area contributed by atoms with Gasteiger partial charge in [0, 0.05) is 11.4 Å². The van der Waals surface area contributed by atoms with Gasteiger partial charge in [-0.1, -0.05) is 37.3 Å². The van der Waals surface area contributed by atoms with Crippen molar-refractivity contribution < 1.29 is 13.6 Å². The molecule has 0 fully saturated rings. The van der Waals surface area contributed by atoms with E-state index in [0.29, 0.717) is 11.2 Å². The Hall–Kier alpha value is -2.84. The van der Waals surface area contributed by atoms with E-state index in [0.717, 1.165) is 28.5 Å². The Morgan fingerprint density at radius 3 is 2.46 bits per heavy atom. The Kier molecular flexibility index (Phi) is 6.01. The fourth-order valence-electron chi connectivity index (χ4n) is 2.89. The number of aromatic nitrogens is 2. The minimum atomic E-state index is -1.86. The number of anilines is 1. The van der Waals surface area contributed by atoms with Crippen molar-refractivity contribution in [3.63, 3.8) is 0 Å². The molecule has 1 heterocycles. The molecule has 0 aliphatic carbocycles. The summed E-state index contributed by atoms with van der Waals surface area (Å²) in [6, 6.07) is 13.3. The molecule has 1 amide bonds. The molecule has 3 rings (SSSR count). The molecule has 2 atom stereocenters. The second-order valence-electron chi connectivity index (χ2n) is 6.64. The topological polar surface area (TPSA) is 118 Å². The minimum absolute atomic E-state index is 0.101. The highest BCUT2D eigenvalue weighted by Crippen LogP contribution is 2.30. The van der Waals surface area contributed by atoms with Gasteiger partial charge in [-0.2, -0.15) is 0 Å². The lowest BCUT2D eigenvalue weighted by Gasteiger charge is -2.17. The fourth-order valence-corrected chi connectivity index (χ4v) is 3.37. The predicted molar refractivity (Wildman–Crippen MR) is 111 cm³/mol. The molecule has 1 unspecified atom stereocenters. The molecule has 4 N–H and O–H groups in total. The lowest BCUT2D eigenvalue weighted by atomic mass is 10.0. The van der Waals surface area contributed by atoms with Crippen molar-refractivity contribution in [3.05, 3.63) is 53.7 Å². The maximum Gasteiger partial charge on any atom is 0.271 e. The van der Waals surface area contributed by atoms with Crippen molar-refractivity contribution in [3.8, 4) is 11.1 Å². The van der Waals surface area contributed by atoms with Crippen LogP contribution in [-0.2, 0) is 16.8 Å². The summed E-state index contributed by atoms with van der Waals surface area (Å²) in [5, 5.41) is 12.3. The van der Waals surface area contributed by atoms with Gasteiger partial charge in [0.25, 0.3) is 5.91 Å². The number of rotatable bonds is 7. The van der Waals surface area contributed by atoms with Crippen LogP contribution in [0, 0.1) is 0 Å². The van der Waals surface area contributed by atoms with Crippen molar-refractivity contribution in [2.24, 2.45) is 5.73 Å². The van der Waals surface area contributed by atoms with Crippen molar-refractivity contribution in [1.29, 1.82) is 0 Å². The van der Waals surface area contributed by atoms with E-state index in [2.05, 4.69) is 15.5 Å². The number of nitrogens with one attached hydrogen (secondary N) is 1. The molecule has 28 heavy (non-hydrogen) atoms. The highest BCUT2D eigenvalue weighted by molar-refractivity contribution is 7.78. The van der Waals surface area contributed by atoms with E-state index in [-0.39, 0.29) is 17.5 Å². The van der Waals surface area contributed by atoms with E-state index < -0.39 is 17.0 Å². The first-order valence-corrected chi connectivity index (χ1v) is 10.2. The molecule has 0 spiro atoms. The van der Waals surface area contributed by atoms with E-state index in [9.17, 15) is 9.00 Å². The standard InChI is InChI=1S/C20H22N4O3S/c1-3-12(2)22-18-16-9-8-15(10-17(16)23-24-19(18)20(21)25)14-6-4-13(5-7-14)11-28(26)27/h4-10,12H,3,11H2,1-2H3,(H2,21,25)(H,22,23)(H,26,27)/t12-/m1/s1. The van der Waals surface area contributed by atoms with Gasteiger partial charge in [0.05, 0.1) is 17.0 Å². The Morgan fingerprint density at radius 2 is 1.86 bits per heavy atom. The van der Waals surface area contributed by atoms with Crippen LogP contribution in [0.3, 0.4) is 0 Å². The van der Waals surface area contributed by atoms with Crippen LogP contribution >= 0.6 is 0 Å². The third kappa shape index (κ3) is 4.35. The quantitative estimate of drug-likeness (QED) is 0.525. The molecule has 3 aromatic rings. The van der Waals surface area contributed by atoms with Crippen molar-refractivity contribution in [2.45, 2.75) is 32.1 Å². The minimum Gasteiger partial charge on any atom is -0.380 e. The molecule has 0 saturated carbocycles. The number of hydrogen-bond donors (Lipinski definition) is 3. The summed E-state index contributed by atoms with van der Waals surface area (Å²) in [5.41, 5.74) is 9.51. The Labute approximate surface area is 165 Å². The fraction of sp³-hybridized carbons (Fsp3) is 0.250. The maximum absolute atomic E-state index is 11.8. The zero-order valence-electron chi connectivity index (χ0n) is 15.7. The Morgan fingerprint density at radius 1 is 1.18 bits per heavy atom. The molecular weight excluding hydrogens is 376 g/mol. The van der Waals surface area contributed by atoms with Gasteiger partial charge in [-0.05, 0) is 42.2 Å². The van der Waals surface area contributed by atoms with E-state index in [4.69, 9.17) is 10.3 Å². The number of benzene rings is 2. The first-order valence-electron chi connectivity index (χ1n) is 8.92. The van der Waals surface area contributed by atoms with Gasteiger partial charge >= 0.3 is 0 Å². The Bertz CT molecular complexity index is 1040. The summed E-state index contributed by atoms with van der Waals surface area (Å²) in [7, 11) is 0. The van der Waals surface area contributed by atoms with Gasteiger partial charge in [0.15, 0.2) is 16.8 Å². The first-order chi connectivity index (χ1) is 13.4. The molecule has 8 heteroatoms. The number of nitrogens with zero attached hydrogens (tertiary/aromatic N) is 2. The zero-order chi connectivity index (χ0) is 20.3. The smallest absolute Gasteiger partial charge is 0.271 e. The third-order valence-electron chi connectivity index (χ3n) is 4.58. The zero-order valence-corrected chi connectivity index (χ0v) is 16.5. The van der Waals surface area contributed by atoms with E-state index >= 15 is 0 Å². The van der Waals surface area contributed by atoms with Crippen molar-refractivity contribution in [1.82, 2.24) is 10.2 Å². The summed E-state index contributed by atoms with van der Waals surface area (Å²) in [6.45, 7) is 4.07.